The number of aromatic amines is 1. The van der Waals surface area contributed by atoms with Crippen molar-refractivity contribution in [1.82, 2.24) is 25.1 Å². The molecule has 1 aromatic carbocycles. The summed E-state index contributed by atoms with van der Waals surface area (Å²) in [5.74, 6) is -0.334. The molecular formula is C26H27N5O2. The van der Waals surface area contributed by atoms with Gasteiger partial charge in [0, 0.05) is 29.4 Å². The average Bonchev–Trinajstić information content (AvgIpc) is 3.34. The number of esters is 1. The number of rotatable bonds is 6. The van der Waals surface area contributed by atoms with Crippen LogP contribution in [0.2, 0.25) is 0 Å². The molecule has 0 bridgehead atoms. The van der Waals surface area contributed by atoms with E-state index in [1.54, 1.807) is 12.4 Å². The third-order valence-corrected chi connectivity index (χ3v) is 6.10. The van der Waals surface area contributed by atoms with Gasteiger partial charge in [0.25, 0.3) is 0 Å². The Kier molecular flexibility index (Phi) is 6.13. The number of likely N-dealkylation sites (tertiary alicyclic amines) is 1. The van der Waals surface area contributed by atoms with Crippen molar-refractivity contribution in [3.63, 3.8) is 0 Å². The molecule has 1 N–H and O–H groups in total. The fraction of sp³-hybridized carbons (Fsp3) is 0.308. The minimum atomic E-state index is -0.334. The number of ether oxygens (including phenoxy) is 1. The molecule has 0 amide bonds. The van der Waals surface area contributed by atoms with E-state index in [9.17, 15) is 4.79 Å². The summed E-state index contributed by atoms with van der Waals surface area (Å²) in [6.45, 7) is 5.33. The van der Waals surface area contributed by atoms with Crippen LogP contribution < -0.4 is 0 Å². The van der Waals surface area contributed by atoms with E-state index in [0.29, 0.717) is 12.2 Å². The predicted molar refractivity (Wildman–Crippen MR) is 128 cm³/mol. The van der Waals surface area contributed by atoms with Gasteiger partial charge in [0.15, 0.2) is 0 Å². The number of fused-ring (bicyclic) bond motifs is 1. The van der Waals surface area contributed by atoms with Gasteiger partial charge in [0.05, 0.1) is 28.7 Å². The summed E-state index contributed by atoms with van der Waals surface area (Å²) in [6.07, 6.45) is 7.13. The molecule has 0 spiro atoms. The molecule has 168 valence electrons. The molecule has 4 aromatic rings. The zero-order chi connectivity index (χ0) is 22.6. The Morgan fingerprint density at radius 1 is 1.09 bits per heavy atom. The normalized spacial score (nSPS) is 14.5. The Morgan fingerprint density at radius 2 is 1.97 bits per heavy atom. The van der Waals surface area contributed by atoms with Crippen molar-refractivity contribution in [1.29, 1.82) is 0 Å². The lowest BCUT2D eigenvalue weighted by Crippen LogP contribution is -2.33. The van der Waals surface area contributed by atoms with Gasteiger partial charge >= 0.3 is 5.97 Å². The van der Waals surface area contributed by atoms with Gasteiger partial charge in [0.2, 0.25) is 0 Å². The molecule has 0 atom stereocenters. The molecular weight excluding hydrogens is 414 g/mol. The Labute approximate surface area is 192 Å². The highest BCUT2D eigenvalue weighted by atomic mass is 16.5. The summed E-state index contributed by atoms with van der Waals surface area (Å²) in [5.41, 5.74) is 5.86. The predicted octanol–water partition coefficient (Wildman–Crippen LogP) is 4.64. The van der Waals surface area contributed by atoms with Gasteiger partial charge in [-0.25, -0.2) is 4.79 Å². The minimum absolute atomic E-state index is 0.334. The van der Waals surface area contributed by atoms with Crippen LogP contribution in [0.3, 0.4) is 0 Å². The lowest BCUT2D eigenvalue weighted by atomic mass is 10.0. The van der Waals surface area contributed by atoms with E-state index >= 15 is 0 Å². The number of carbonyl (C=O) groups excluding carboxylic acids is 1. The lowest BCUT2D eigenvalue weighted by Gasteiger charge is -2.25. The summed E-state index contributed by atoms with van der Waals surface area (Å²) in [5, 5.41) is 8.19. The van der Waals surface area contributed by atoms with E-state index < -0.39 is 0 Å². The van der Waals surface area contributed by atoms with Crippen molar-refractivity contribution in [3.8, 4) is 22.5 Å². The van der Waals surface area contributed by atoms with E-state index in [1.165, 1.54) is 19.3 Å². The highest BCUT2D eigenvalue weighted by Crippen LogP contribution is 2.31. The first-order chi connectivity index (χ1) is 16.2. The number of piperidine rings is 1. The van der Waals surface area contributed by atoms with Crippen LogP contribution in [-0.2, 0) is 4.74 Å². The number of aryl methyl sites for hydroxylation is 1. The molecule has 1 aliphatic heterocycles. The molecule has 3 aromatic heterocycles. The molecule has 1 aliphatic rings. The topological polar surface area (TPSA) is 84.0 Å². The quantitative estimate of drug-likeness (QED) is 0.439. The van der Waals surface area contributed by atoms with Crippen molar-refractivity contribution in [2.75, 3.05) is 26.2 Å². The Bertz CT molecular complexity index is 1280. The summed E-state index contributed by atoms with van der Waals surface area (Å²) in [4.78, 5) is 24.0. The maximum absolute atomic E-state index is 12.6. The van der Waals surface area contributed by atoms with E-state index in [0.717, 1.165) is 58.7 Å². The van der Waals surface area contributed by atoms with E-state index in [-0.39, 0.29) is 5.97 Å². The molecule has 0 saturated carbocycles. The Balaban J connectivity index is 1.35. The molecule has 33 heavy (non-hydrogen) atoms. The largest absolute Gasteiger partial charge is 0.461 e. The van der Waals surface area contributed by atoms with Crippen LogP contribution in [0.5, 0.6) is 0 Å². The van der Waals surface area contributed by atoms with Crippen molar-refractivity contribution in [2.45, 2.75) is 26.2 Å². The maximum Gasteiger partial charge on any atom is 0.339 e. The monoisotopic (exact) mass is 441 g/mol. The molecule has 0 aliphatic carbocycles. The first-order valence-electron chi connectivity index (χ1n) is 11.4. The minimum Gasteiger partial charge on any atom is -0.461 e. The van der Waals surface area contributed by atoms with Crippen molar-refractivity contribution in [2.24, 2.45) is 0 Å². The number of pyridine rings is 2. The zero-order valence-corrected chi connectivity index (χ0v) is 18.8. The zero-order valence-electron chi connectivity index (χ0n) is 18.8. The molecule has 7 nitrogen and oxygen atoms in total. The fourth-order valence-corrected chi connectivity index (χ4v) is 4.33. The second kappa shape index (κ2) is 9.50. The number of benzene rings is 1. The van der Waals surface area contributed by atoms with Gasteiger partial charge in [0.1, 0.15) is 6.61 Å². The van der Waals surface area contributed by atoms with Crippen LogP contribution in [0.1, 0.15) is 35.3 Å². The van der Waals surface area contributed by atoms with E-state index in [2.05, 4.69) is 25.1 Å². The molecule has 4 heterocycles. The average molecular weight is 442 g/mol. The smallest absolute Gasteiger partial charge is 0.339 e. The highest BCUT2D eigenvalue weighted by molar-refractivity contribution is 5.95. The summed E-state index contributed by atoms with van der Waals surface area (Å²) < 4.78 is 5.53. The first kappa shape index (κ1) is 21.3. The number of aromatic nitrogens is 4. The van der Waals surface area contributed by atoms with Crippen LogP contribution in [0.25, 0.3) is 33.4 Å². The van der Waals surface area contributed by atoms with Crippen molar-refractivity contribution < 1.29 is 9.53 Å². The second-order valence-corrected chi connectivity index (χ2v) is 8.49. The van der Waals surface area contributed by atoms with Crippen LogP contribution in [0, 0.1) is 6.92 Å². The van der Waals surface area contributed by atoms with Gasteiger partial charge in [-0.15, -0.1) is 0 Å². The van der Waals surface area contributed by atoms with Crippen LogP contribution in [0.15, 0.2) is 54.9 Å². The molecule has 5 rings (SSSR count). The Morgan fingerprint density at radius 3 is 2.82 bits per heavy atom. The highest BCUT2D eigenvalue weighted by Gasteiger charge is 2.15. The van der Waals surface area contributed by atoms with Crippen LogP contribution in [-0.4, -0.2) is 57.3 Å². The maximum atomic E-state index is 12.6. The third kappa shape index (κ3) is 4.78. The number of H-pyrrole nitrogens is 1. The van der Waals surface area contributed by atoms with E-state index in [4.69, 9.17) is 4.74 Å². The number of hydrogen-bond acceptors (Lipinski definition) is 6. The van der Waals surface area contributed by atoms with E-state index in [1.807, 2.05) is 49.4 Å². The standard InChI is InChI=1S/C26H27N5O2/c1-18-6-5-7-24(29-18)25-22(17-28-30-25)19-8-9-23-20(14-19)15-21(16-27-23)26(32)33-13-12-31-10-3-2-4-11-31/h5-9,14-17H,2-4,10-13H2,1H3,(H,28,30). The summed E-state index contributed by atoms with van der Waals surface area (Å²) in [6, 6.07) is 13.7. The lowest BCUT2D eigenvalue weighted by molar-refractivity contribution is 0.0452. The van der Waals surface area contributed by atoms with Crippen LogP contribution >= 0.6 is 0 Å². The molecule has 0 unspecified atom stereocenters. The SMILES string of the molecule is Cc1cccc(-c2[nH]ncc2-c2ccc3ncc(C(=O)OCCN4CCCCC4)cc3c2)n1. The Hall–Kier alpha value is -3.58. The van der Waals surface area contributed by atoms with Crippen LogP contribution in [0.4, 0.5) is 0 Å². The molecule has 7 heteroatoms. The van der Waals surface area contributed by atoms with Gasteiger partial charge in [-0.1, -0.05) is 18.6 Å². The molecule has 1 saturated heterocycles. The first-order valence-corrected chi connectivity index (χ1v) is 11.4. The van der Waals surface area contributed by atoms with Gasteiger partial charge in [-0.3, -0.25) is 20.0 Å². The molecule has 0 radical (unpaired) electrons. The van der Waals surface area contributed by atoms with Gasteiger partial charge in [-0.05, 0) is 68.8 Å². The van der Waals surface area contributed by atoms with Crippen molar-refractivity contribution >= 4 is 16.9 Å². The fourth-order valence-electron chi connectivity index (χ4n) is 4.33. The van der Waals surface area contributed by atoms with Gasteiger partial charge < -0.3 is 4.74 Å². The summed E-state index contributed by atoms with van der Waals surface area (Å²) >= 11 is 0. The number of carbonyl (C=O) groups is 1. The second-order valence-electron chi connectivity index (χ2n) is 8.49. The third-order valence-electron chi connectivity index (χ3n) is 6.10. The number of nitrogens with zero attached hydrogens (tertiary/aromatic N) is 4. The van der Waals surface area contributed by atoms with Crippen molar-refractivity contribution in [3.05, 3.63) is 66.1 Å². The summed E-state index contributed by atoms with van der Waals surface area (Å²) in [7, 11) is 0. The molecule has 1 fully saturated rings. The van der Waals surface area contributed by atoms with Gasteiger partial charge in [-0.2, -0.15) is 5.10 Å². The number of nitrogens with one attached hydrogen (secondary N) is 1. The number of hydrogen-bond donors (Lipinski definition) is 1.